The lowest BCUT2D eigenvalue weighted by Crippen LogP contribution is -1.90. The standard InChI is InChI=1S/C12H8ClNO2/c13-12(14(15)16)8-9-5-6-10-3-1-2-4-11(10)7-9/h1-8H/b12-8-. The highest BCUT2D eigenvalue weighted by Crippen LogP contribution is 2.18. The molecule has 2 aromatic rings. The minimum Gasteiger partial charge on any atom is -0.257 e. The predicted octanol–water partition coefficient (Wildman–Crippen LogP) is 3.65. The Bertz CT molecular complexity index is 578. The number of hydrogen-bond acceptors (Lipinski definition) is 2. The van der Waals surface area contributed by atoms with Crippen LogP contribution >= 0.6 is 11.6 Å². The van der Waals surface area contributed by atoms with Crippen LogP contribution in [0.15, 0.2) is 47.6 Å². The maximum absolute atomic E-state index is 10.4. The van der Waals surface area contributed by atoms with Gasteiger partial charge < -0.3 is 0 Å². The first-order chi connectivity index (χ1) is 7.66. The van der Waals surface area contributed by atoms with Crippen molar-refractivity contribution in [1.82, 2.24) is 0 Å². The largest absolute Gasteiger partial charge is 0.337 e. The Kier molecular flexibility index (Phi) is 2.88. The summed E-state index contributed by atoms with van der Waals surface area (Å²) in [7, 11) is 0. The molecule has 0 aliphatic heterocycles. The minimum absolute atomic E-state index is 0.379. The van der Waals surface area contributed by atoms with Gasteiger partial charge in [-0.1, -0.05) is 36.4 Å². The molecule has 0 saturated heterocycles. The number of nitro groups is 1. The highest BCUT2D eigenvalue weighted by atomic mass is 35.5. The molecule has 2 rings (SSSR count). The first-order valence-electron chi connectivity index (χ1n) is 4.67. The van der Waals surface area contributed by atoms with E-state index in [1.807, 2.05) is 36.4 Å². The number of fused-ring (bicyclic) bond motifs is 1. The third-order valence-corrected chi connectivity index (χ3v) is 2.48. The van der Waals surface area contributed by atoms with Crippen molar-refractivity contribution >= 4 is 28.4 Å². The maximum Gasteiger partial charge on any atom is 0.337 e. The molecule has 0 aromatic heterocycles. The summed E-state index contributed by atoms with van der Waals surface area (Å²) in [6, 6.07) is 13.4. The van der Waals surface area contributed by atoms with Gasteiger partial charge in [-0.25, -0.2) is 0 Å². The molecule has 0 radical (unpaired) electrons. The average Bonchev–Trinajstić information content (AvgIpc) is 2.28. The molecule has 0 amide bonds. The lowest BCUT2D eigenvalue weighted by atomic mass is 10.1. The summed E-state index contributed by atoms with van der Waals surface area (Å²) >= 11 is 5.46. The molecular formula is C12H8ClNO2. The second-order valence-corrected chi connectivity index (χ2v) is 3.72. The van der Waals surface area contributed by atoms with Crippen LogP contribution in [0.4, 0.5) is 0 Å². The van der Waals surface area contributed by atoms with Crippen LogP contribution in [0, 0.1) is 10.1 Å². The fourth-order valence-corrected chi connectivity index (χ4v) is 1.61. The summed E-state index contributed by atoms with van der Waals surface area (Å²) in [6.45, 7) is 0. The van der Waals surface area contributed by atoms with Gasteiger partial charge in [0.15, 0.2) is 0 Å². The van der Waals surface area contributed by atoms with Gasteiger partial charge >= 0.3 is 5.16 Å². The van der Waals surface area contributed by atoms with E-state index in [1.165, 1.54) is 6.08 Å². The van der Waals surface area contributed by atoms with E-state index in [4.69, 9.17) is 11.6 Å². The molecular weight excluding hydrogens is 226 g/mol. The number of hydrogen-bond donors (Lipinski definition) is 0. The monoisotopic (exact) mass is 233 g/mol. The SMILES string of the molecule is O=[N+]([O-])/C(Cl)=C\c1ccc2ccccc2c1. The van der Waals surface area contributed by atoms with Gasteiger partial charge in [-0.15, -0.1) is 0 Å². The van der Waals surface area contributed by atoms with Crippen LogP contribution in [0.25, 0.3) is 16.8 Å². The summed E-state index contributed by atoms with van der Waals surface area (Å²) in [5, 5.41) is 12.1. The van der Waals surface area contributed by atoms with Crippen LogP contribution in [0.5, 0.6) is 0 Å². The molecule has 0 fully saturated rings. The quantitative estimate of drug-likeness (QED) is 0.451. The normalized spacial score (nSPS) is 11.7. The lowest BCUT2D eigenvalue weighted by molar-refractivity contribution is -0.410. The van der Waals surface area contributed by atoms with Crippen LogP contribution in [0.2, 0.25) is 0 Å². The Morgan fingerprint density at radius 3 is 2.56 bits per heavy atom. The number of benzene rings is 2. The summed E-state index contributed by atoms with van der Waals surface area (Å²) < 4.78 is 0. The van der Waals surface area contributed by atoms with E-state index in [0.717, 1.165) is 16.3 Å². The van der Waals surface area contributed by atoms with E-state index < -0.39 is 4.92 Å². The maximum atomic E-state index is 10.4. The van der Waals surface area contributed by atoms with Gasteiger partial charge in [-0.05, 0) is 34.0 Å². The zero-order valence-corrected chi connectivity index (χ0v) is 9.02. The second-order valence-electron chi connectivity index (χ2n) is 3.33. The topological polar surface area (TPSA) is 43.1 Å². The molecule has 16 heavy (non-hydrogen) atoms. The van der Waals surface area contributed by atoms with E-state index in [0.29, 0.717) is 0 Å². The molecule has 80 valence electrons. The van der Waals surface area contributed by atoms with Gasteiger partial charge in [0, 0.05) is 6.08 Å². The molecule has 0 heterocycles. The molecule has 0 atom stereocenters. The van der Waals surface area contributed by atoms with Gasteiger partial charge in [0.05, 0.1) is 4.92 Å². The van der Waals surface area contributed by atoms with Crippen molar-refractivity contribution in [3.05, 3.63) is 63.3 Å². The Balaban J connectivity index is 2.47. The van der Waals surface area contributed by atoms with Crippen molar-refractivity contribution in [2.45, 2.75) is 0 Å². The fraction of sp³-hybridized carbons (Fsp3) is 0. The van der Waals surface area contributed by atoms with Crippen LogP contribution in [-0.4, -0.2) is 4.92 Å². The summed E-state index contributed by atoms with van der Waals surface area (Å²) in [5.74, 6) is 0. The number of halogens is 1. The van der Waals surface area contributed by atoms with Crippen molar-refractivity contribution in [3.63, 3.8) is 0 Å². The second kappa shape index (κ2) is 4.33. The molecule has 0 unspecified atom stereocenters. The molecule has 3 nitrogen and oxygen atoms in total. The van der Waals surface area contributed by atoms with E-state index in [-0.39, 0.29) is 5.16 Å². The van der Waals surface area contributed by atoms with Crippen LogP contribution in [0.3, 0.4) is 0 Å². The van der Waals surface area contributed by atoms with Crippen molar-refractivity contribution in [1.29, 1.82) is 0 Å². The van der Waals surface area contributed by atoms with Crippen molar-refractivity contribution < 1.29 is 4.92 Å². The molecule has 0 aliphatic rings. The predicted molar refractivity (Wildman–Crippen MR) is 64.8 cm³/mol. The molecule has 4 heteroatoms. The zero-order chi connectivity index (χ0) is 11.5. The van der Waals surface area contributed by atoms with Gasteiger partial charge in [-0.3, -0.25) is 10.1 Å². The Hall–Kier alpha value is -1.87. The number of rotatable bonds is 2. The van der Waals surface area contributed by atoms with Crippen LogP contribution in [-0.2, 0) is 0 Å². The summed E-state index contributed by atoms with van der Waals surface area (Å²) in [6.07, 6.45) is 1.34. The third kappa shape index (κ3) is 2.20. The molecule has 0 bridgehead atoms. The Morgan fingerprint density at radius 1 is 1.19 bits per heavy atom. The van der Waals surface area contributed by atoms with Crippen LogP contribution < -0.4 is 0 Å². The van der Waals surface area contributed by atoms with Crippen molar-refractivity contribution in [2.24, 2.45) is 0 Å². The molecule has 0 spiro atoms. The zero-order valence-electron chi connectivity index (χ0n) is 8.26. The first kappa shape index (κ1) is 10.6. The van der Waals surface area contributed by atoms with E-state index in [2.05, 4.69) is 0 Å². The molecule has 0 saturated carbocycles. The lowest BCUT2D eigenvalue weighted by Gasteiger charge is -1.98. The van der Waals surface area contributed by atoms with E-state index in [1.54, 1.807) is 6.07 Å². The van der Waals surface area contributed by atoms with Gasteiger partial charge in [0.25, 0.3) is 0 Å². The molecule has 0 N–H and O–H groups in total. The van der Waals surface area contributed by atoms with E-state index in [9.17, 15) is 10.1 Å². The first-order valence-corrected chi connectivity index (χ1v) is 5.05. The third-order valence-electron chi connectivity index (χ3n) is 2.23. The highest BCUT2D eigenvalue weighted by molar-refractivity contribution is 6.29. The summed E-state index contributed by atoms with van der Waals surface area (Å²) in [5.41, 5.74) is 0.723. The van der Waals surface area contributed by atoms with Gasteiger partial charge in [-0.2, -0.15) is 0 Å². The van der Waals surface area contributed by atoms with Gasteiger partial charge in [0.1, 0.15) is 0 Å². The highest BCUT2D eigenvalue weighted by Gasteiger charge is 2.05. The van der Waals surface area contributed by atoms with E-state index >= 15 is 0 Å². The minimum atomic E-state index is -0.614. The number of nitrogens with zero attached hydrogens (tertiary/aromatic N) is 1. The Morgan fingerprint density at radius 2 is 1.88 bits per heavy atom. The average molecular weight is 234 g/mol. The van der Waals surface area contributed by atoms with Gasteiger partial charge in [0.2, 0.25) is 0 Å². The van der Waals surface area contributed by atoms with Crippen molar-refractivity contribution in [3.8, 4) is 0 Å². The van der Waals surface area contributed by atoms with Crippen LogP contribution in [0.1, 0.15) is 5.56 Å². The van der Waals surface area contributed by atoms with Crippen molar-refractivity contribution in [2.75, 3.05) is 0 Å². The summed E-state index contributed by atoms with van der Waals surface area (Å²) in [4.78, 5) is 9.76. The Labute approximate surface area is 97.1 Å². The fourth-order valence-electron chi connectivity index (χ4n) is 1.49. The molecule has 2 aromatic carbocycles. The molecule has 0 aliphatic carbocycles. The smallest absolute Gasteiger partial charge is 0.257 e.